The monoisotopic (exact) mass is 233 g/mol. The molecule has 4 heteroatoms. The van der Waals surface area contributed by atoms with Crippen LogP contribution in [0, 0.1) is 19.7 Å². The SMILES string of the molecule is Cc1nn(-c2cccc(F)c2)c(C)c1C(C)N. The van der Waals surface area contributed by atoms with Gasteiger partial charge in [0.1, 0.15) is 5.82 Å². The molecule has 1 unspecified atom stereocenters. The number of benzene rings is 1. The van der Waals surface area contributed by atoms with Gasteiger partial charge in [-0.15, -0.1) is 0 Å². The fourth-order valence-corrected chi connectivity index (χ4v) is 2.17. The Kier molecular flexibility index (Phi) is 2.98. The molecule has 0 radical (unpaired) electrons. The quantitative estimate of drug-likeness (QED) is 0.866. The molecule has 2 aromatic rings. The van der Waals surface area contributed by atoms with Gasteiger partial charge < -0.3 is 5.73 Å². The van der Waals surface area contributed by atoms with Gasteiger partial charge >= 0.3 is 0 Å². The summed E-state index contributed by atoms with van der Waals surface area (Å²) in [6.45, 7) is 5.79. The second-order valence-corrected chi connectivity index (χ2v) is 4.26. The lowest BCUT2D eigenvalue weighted by Gasteiger charge is -2.07. The van der Waals surface area contributed by atoms with Gasteiger partial charge in [-0.25, -0.2) is 9.07 Å². The van der Waals surface area contributed by atoms with Crippen LogP contribution in [-0.2, 0) is 0 Å². The lowest BCUT2D eigenvalue weighted by atomic mass is 10.1. The second-order valence-electron chi connectivity index (χ2n) is 4.26. The molecule has 0 aliphatic carbocycles. The Morgan fingerprint density at radius 2 is 2.06 bits per heavy atom. The Bertz CT molecular complexity index is 544. The van der Waals surface area contributed by atoms with Gasteiger partial charge in [0.05, 0.1) is 11.4 Å². The van der Waals surface area contributed by atoms with Crippen molar-refractivity contribution in [2.75, 3.05) is 0 Å². The predicted octanol–water partition coefficient (Wildman–Crippen LogP) is 2.65. The Balaban J connectivity index is 2.58. The minimum Gasteiger partial charge on any atom is -0.324 e. The van der Waals surface area contributed by atoms with E-state index in [2.05, 4.69) is 5.10 Å². The molecular formula is C13H16FN3. The Morgan fingerprint density at radius 1 is 1.35 bits per heavy atom. The van der Waals surface area contributed by atoms with Crippen LogP contribution < -0.4 is 5.73 Å². The van der Waals surface area contributed by atoms with Crippen LogP contribution in [0.2, 0.25) is 0 Å². The molecule has 0 bridgehead atoms. The van der Waals surface area contributed by atoms with Crippen molar-refractivity contribution in [3.05, 3.63) is 47.0 Å². The molecule has 1 atom stereocenters. The zero-order valence-corrected chi connectivity index (χ0v) is 10.2. The van der Waals surface area contributed by atoms with Crippen LogP contribution in [0.3, 0.4) is 0 Å². The van der Waals surface area contributed by atoms with Crippen molar-refractivity contribution in [3.8, 4) is 5.69 Å². The fraction of sp³-hybridized carbons (Fsp3) is 0.308. The summed E-state index contributed by atoms with van der Waals surface area (Å²) < 4.78 is 14.9. The molecule has 0 spiro atoms. The number of hydrogen-bond donors (Lipinski definition) is 1. The summed E-state index contributed by atoms with van der Waals surface area (Å²) in [5.41, 5.74) is 9.50. The van der Waals surface area contributed by atoms with Crippen LogP contribution in [0.15, 0.2) is 24.3 Å². The molecule has 1 aromatic heterocycles. The maximum atomic E-state index is 13.2. The molecule has 90 valence electrons. The van der Waals surface area contributed by atoms with E-state index in [9.17, 15) is 4.39 Å². The first-order valence-electron chi connectivity index (χ1n) is 5.58. The number of halogens is 1. The zero-order chi connectivity index (χ0) is 12.6. The fourth-order valence-electron chi connectivity index (χ4n) is 2.17. The summed E-state index contributed by atoms with van der Waals surface area (Å²) in [6, 6.07) is 6.31. The van der Waals surface area contributed by atoms with Gasteiger partial charge in [0.15, 0.2) is 0 Å². The van der Waals surface area contributed by atoms with E-state index in [-0.39, 0.29) is 11.9 Å². The van der Waals surface area contributed by atoms with Crippen LogP contribution in [0.1, 0.15) is 29.9 Å². The molecule has 1 aromatic carbocycles. The van der Waals surface area contributed by atoms with Gasteiger partial charge in [0.2, 0.25) is 0 Å². The third-order valence-electron chi connectivity index (χ3n) is 2.86. The van der Waals surface area contributed by atoms with Crippen molar-refractivity contribution < 1.29 is 4.39 Å². The van der Waals surface area contributed by atoms with Crippen LogP contribution in [0.5, 0.6) is 0 Å². The first kappa shape index (κ1) is 11.8. The predicted molar refractivity (Wildman–Crippen MR) is 65.6 cm³/mol. The minimum absolute atomic E-state index is 0.0719. The highest BCUT2D eigenvalue weighted by atomic mass is 19.1. The highest BCUT2D eigenvalue weighted by Crippen LogP contribution is 2.22. The summed E-state index contributed by atoms with van der Waals surface area (Å²) in [5, 5.41) is 4.41. The molecule has 1 heterocycles. The largest absolute Gasteiger partial charge is 0.324 e. The first-order chi connectivity index (χ1) is 8.00. The smallest absolute Gasteiger partial charge is 0.125 e. The van der Waals surface area contributed by atoms with Crippen molar-refractivity contribution in [3.63, 3.8) is 0 Å². The van der Waals surface area contributed by atoms with Crippen LogP contribution in [0.25, 0.3) is 5.69 Å². The van der Waals surface area contributed by atoms with E-state index in [0.717, 1.165) is 22.6 Å². The molecule has 3 nitrogen and oxygen atoms in total. The average molecular weight is 233 g/mol. The summed E-state index contributed by atoms with van der Waals surface area (Å²) in [5.74, 6) is -0.266. The lowest BCUT2D eigenvalue weighted by molar-refractivity contribution is 0.625. The summed E-state index contributed by atoms with van der Waals surface area (Å²) in [7, 11) is 0. The number of nitrogens with two attached hydrogens (primary N) is 1. The van der Waals surface area contributed by atoms with Gasteiger partial charge in [-0.3, -0.25) is 0 Å². The van der Waals surface area contributed by atoms with E-state index in [4.69, 9.17) is 5.73 Å². The number of rotatable bonds is 2. The van der Waals surface area contributed by atoms with Crippen molar-refractivity contribution >= 4 is 0 Å². The Labute approximate surface area is 100 Å². The standard InChI is InChI=1S/C13H16FN3/c1-8(15)13-9(2)16-17(10(13)3)12-6-4-5-11(14)7-12/h4-8H,15H2,1-3H3. The molecule has 0 aliphatic rings. The number of nitrogens with zero attached hydrogens (tertiary/aromatic N) is 2. The van der Waals surface area contributed by atoms with E-state index in [1.54, 1.807) is 10.7 Å². The molecule has 17 heavy (non-hydrogen) atoms. The van der Waals surface area contributed by atoms with Crippen LogP contribution >= 0.6 is 0 Å². The van der Waals surface area contributed by atoms with Gasteiger partial charge in [-0.05, 0) is 39.0 Å². The highest BCUT2D eigenvalue weighted by Gasteiger charge is 2.15. The maximum Gasteiger partial charge on any atom is 0.125 e. The normalized spacial score (nSPS) is 12.8. The average Bonchev–Trinajstić information content (AvgIpc) is 2.54. The molecule has 2 N–H and O–H groups in total. The second kappa shape index (κ2) is 4.30. The van der Waals surface area contributed by atoms with Crippen molar-refractivity contribution in [1.82, 2.24) is 9.78 Å². The third kappa shape index (κ3) is 2.08. The van der Waals surface area contributed by atoms with E-state index in [1.807, 2.05) is 26.8 Å². The van der Waals surface area contributed by atoms with Crippen molar-refractivity contribution in [1.29, 1.82) is 0 Å². The van der Waals surface area contributed by atoms with Crippen molar-refractivity contribution in [2.24, 2.45) is 5.73 Å². The molecule has 2 rings (SSSR count). The number of aryl methyl sites for hydroxylation is 1. The van der Waals surface area contributed by atoms with E-state index < -0.39 is 0 Å². The molecule has 0 saturated carbocycles. The lowest BCUT2D eigenvalue weighted by Crippen LogP contribution is -2.08. The van der Waals surface area contributed by atoms with Crippen molar-refractivity contribution in [2.45, 2.75) is 26.8 Å². The van der Waals surface area contributed by atoms with Crippen LogP contribution in [-0.4, -0.2) is 9.78 Å². The van der Waals surface area contributed by atoms with Crippen LogP contribution in [0.4, 0.5) is 4.39 Å². The first-order valence-corrected chi connectivity index (χ1v) is 5.58. The van der Waals surface area contributed by atoms with Gasteiger partial charge in [0, 0.05) is 17.3 Å². The maximum absolute atomic E-state index is 13.2. The van der Waals surface area contributed by atoms with E-state index >= 15 is 0 Å². The topological polar surface area (TPSA) is 43.8 Å². The molecule has 0 aliphatic heterocycles. The van der Waals surface area contributed by atoms with E-state index in [0.29, 0.717) is 0 Å². The summed E-state index contributed by atoms with van der Waals surface area (Å²) in [4.78, 5) is 0. The number of aromatic nitrogens is 2. The zero-order valence-electron chi connectivity index (χ0n) is 10.2. The Morgan fingerprint density at radius 3 is 2.59 bits per heavy atom. The molecule has 0 saturated heterocycles. The van der Waals surface area contributed by atoms with E-state index in [1.165, 1.54) is 12.1 Å². The minimum atomic E-state index is -0.266. The Hall–Kier alpha value is -1.68. The van der Waals surface area contributed by atoms with Gasteiger partial charge in [0.25, 0.3) is 0 Å². The summed E-state index contributed by atoms with van der Waals surface area (Å²) >= 11 is 0. The molecule has 0 amide bonds. The van der Waals surface area contributed by atoms with Gasteiger partial charge in [-0.1, -0.05) is 6.07 Å². The third-order valence-corrected chi connectivity index (χ3v) is 2.86. The highest BCUT2D eigenvalue weighted by molar-refractivity contribution is 5.38. The number of hydrogen-bond acceptors (Lipinski definition) is 2. The van der Waals surface area contributed by atoms with Gasteiger partial charge in [-0.2, -0.15) is 5.10 Å². The molecule has 0 fully saturated rings. The summed E-state index contributed by atoms with van der Waals surface area (Å²) in [6.07, 6.45) is 0. The molecular weight excluding hydrogens is 217 g/mol.